The molecule has 0 bridgehead atoms. The number of benzene rings is 1. The van der Waals surface area contributed by atoms with Gasteiger partial charge in [0.15, 0.2) is 0 Å². The van der Waals surface area contributed by atoms with Gasteiger partial charge in [-0.05, 0) is 51.2 Å². The minimum Gasteiger partial charge on any atom is -0.353 e. The Morgan fingerprint density at radius 2 is 1.70 bits per heavy atom. The van der Waals surface area contributed by atoms with Gasteiger partial charge >= 0.3 is 0 Å². The number of nitrogens with one attached hydrogen (secondary N) is 1. The Bertz CT molecular complexity index is 705. The fraction of sp³-hybridized carbons (Fsp3) is 0.667. The second kappa shape index (κ2) is 9.69. The minimum absolute atomic E-state index is 0.0689. The summed E-state index contributed by atoms with van der Waals surface area (Å²) >= 11 is 0. The Balaban J connectivity index is 1.83. The lowest BCUT2D eigenvalue weighted by Crippen LogP contribution is -2.44. The van der Waals surface area contributed by atoms with Crippen LogP contribution in [0, 0.1) is 18.8 Å². The molecule has 152 valence electrons. The molecule has 2 rings (SSSR count). The van der Waals surface area contributed by atoms with Gasteiger partial charge in [-0.15, -0.1) is 0 Å². The Hall–Kier alpha value is -1.40. The van der Waals surface area contributed by atoms with Gasteiger partial charge in [0, 0.05) is 25.0 Å². The van der Waals surface area contributed by atoms with E-state index in [0.717, 1.165) is 18.4 Å². The van der Waals surface area contributed by atoms with Gasteiger partial charge in [-0.1, -0.05) is 44.4 Å². The van der Waals surface area contributed by atoms with Crippen molar-refractivity contribution in [2.75, 3.05) is 13.1 Å². The van der Waals surface area contributed by atoms with E-state index in [1.807, 2.05) is 19.1 Å². The highest BCUT2D eigenvalue weighted by atomic mass is 32.2. The standard InChI is InChI=1S/C21H34N2O3S/c1-16(2)6-5-7-18(4)22-21(24)19-12-14-23(15-13-19)27(25,26)20-10-8-17(3)9-11-20/h8-11,16,18-19H,5-7,12-15H2,1-4H3,(H,22,24). The van der Waals surface area contributed by atoms with Gasteiger partial charge in [-0.3, -0.25) is 4.79 Å². The van der Waals surface area contributed by atoms with E-state index < -0.39 is 10.0 Å². The molecule has 0 radical (unpaired) electrons. The van der Waals surface area contributed by atoms with E-state index in [0.29, 0.717) is 36.7 Å². The smallest absolute Gasteiger partial charge is 0.243 e. The summed E-state index contributed by atoms with van der Waals surface area (Å²) in [4.78, 5) is 12.8. The summed E-state index contributed by atoms with van der Waals surface area (Å²) < 4.78 is 27.0. The first-order chi connectivity index (χ1) is 12.7. The molecule has 1 aliphatic rings. The third-order valence-electron chi connectivity index (χ3n) is 5.29. The summed E-state index contributed by atoms with van der Waals surface area (Å²) in [7, 11) is -3.47. The van der Waals surface area contributed by atoms with E-state index in [4.69, 9.17) is 0 Å². The SMILES string of the molecule is Cc1ccc(S(=O)(=O)N2CCC(C(=O)NC(C)CCCC(C)C)CC2)cc1. The number of nitrogens with zero attached hydrogens (tertiary/aromatic N) is 1. The topological polar surface area (TPSA) is 66.5 Å². The van der Waals surface area contributed by atoms with Crippen LogP contribution >= 0.6 is 0 Å². The van der Waals surface area contributed by atoms with Crippen molar-refractivity contribution in [1.29, 1.82) is 0 Å². The van der Waals surface area contributed by atoms with Crippen LogP contribution in [0.1, 0.15) is 58.4 Å². The summed E-state index contributed by atoms with van der Waals surface area (Å²) in [5.74, 6) is 0.661. The molecule has 0 aliphatic carbocycles. The molecule has 1 aliphatic heterocycles. The molecule has 5 nitrogen and oxygen atoms in total. The van der Waals surface area contributed by atoms with Crippen molar-refractivity contribution >= 4 is 15.9 Å². The molecule has 1 amide bonds. The third kappa shape index (κ3) is 6.32. The minimum atomic E-state index is -3.47. The molecule has 1 aromatic rings. The van der Waals surface area contributed by atoms with E-state index >= 15 is 0 Å². The summed E-state index contributed by atoms with van der Waals surface area (Å²) in [5.41, 5.74) is 1.03. The Labute approximate surface area is 164 Å². The second-order valence-corrected chi connectivity index (χ2v) is 10.2. The lowest BCUT2D eigenvalue weighted by Gasteiger charge is -2.31. The van der Waals surface area contributed by atoms with Crippen molar-refractivity contribution in [1.82, 2.24) is 9.62 Å². The van der Waals surface area contributed by atoms with Gasteiger partial charge in [0.1, 0.15) is 0 Å². The van der Waals surface area contributed by atoms with E-state index in [9.17, 15) is 13.2 Å². The molecule has 0 spiro atoms. The highest BCUT2D eigenvalue weighted by Gasteiger charge is 2.32. The first kappa shape index (κ1) is 21.9. The molecule has 1 N–H and O–H groups in total. The maximum absolute atomic E-state index is 12.8. The van der Waals surface area contributed by atoms with Crippen LogP contribution in [0.2, 0.25) is 0 Å². The largest absolute Gasteiger partial charge is 0.353 e. The lowest BCUT2D eigenvalue weighted by atomic mass is 9.96. The zero-order chi connectivity index (χ0) is 20.0. The molecular weight excluding hydrogens is 360 g/mol. The van der Waals surface area contributed by atoms with Crippen LogP contribution in [-0.2, 0) is 14.8 Å². The normalized spacial score (nSPS) is 17.8. The van der Waals surface area contributed by atoms with Gasteiger partial charge in [-0.2, -0.15) is 4.31 Å². The van der Waals surface area contributed by atoms with Crippen molar-refractivity contribution in [2.45, 2.75) is 70.7 Å². The average Bonchev–Trinajstić information content (AvgIpc) is 2.61. The van der Waals surface area contributed by atoms with Crippen LogP contribution in [0.4, 0.5) is 0 Å². The first-order valence-corrected chi connectivity index (χ1v) is 11.5. The Kier molecular flexibility index (Phi) is 7.86. The number of hydrogen-bond donors (Lipinski definition) is 1. The lowest BCUT2D eigenvalue weighted by molar-refractivity contribution is -0.126. The average molecular weight is 395 g/mol. The van der Waals surface area contributed by atoms with Crippen LogP contribution in [0.3, 0.4) is 0 Å². The molecule has 6 heteroatoms. The number of aryl methyl sites for hydroxylation is 1. The molecule has 1 fully saturated rings. The molecule has 0 saturated carbocycles. The summed E-state index contributed by atoms with van der Waals surface area (Å²) in [5, 5.41) is 3.11. The second-order valence-electron chi connectivity index (χ2n) is 8.23. The van der Waals surface area contributed by atoms with Crippen molar-refractivity contribution in [3.8, 4) is 0 Å². The van der Waals surface area contributed by atoms with Crippen LogP contribution in [-0.4, -0.2) is 37.8 Å². The summed E-state index contributed by atoms with van der Waals surface area (Å²) in [6.07, 6.45) is 4.44. The third-order valence-corrected chi connectivity index (χ3v) is 7.20. The molecule has 1 aromatic carbocycles. The molecule has 27 heavy (non-hydrogen) atoms. The quantitative estimate of drug-likeness (QED) is 0.731. The molecule has 1 unspecified atom stereocenters. The molecule has 0 aromatic heterocycles. The van der Waals surface area contributed by atoms with Gasteiger partial charge in [0.25, 0.3) is 0 Å². The Morgan fingerprint density at radius 3 is 2.26 bits per heavy atom. The van der Waals surface area contributed by atoms with Gasteiger partial charge < -0.3 is 5.32 Å². The zero-order valence-electron chi connectivity index (χ0n) is 17.1. The number of sulfonamides is 1. The predicted octanol–water partition coefficient (Wildman–Crippen LogP) is 3.73. The summed E-state index contributed by atoms with van der Waals surface area (Å²) in [6.45, 7) is 9.20. The highest BCUT2D eigenvalue weighted by molar-refractivity contribution is 7.89. The molecule has 1 atom stereocenters. The summed E-state index contributed by atoms with van der Waals surface area (Å²) in [6, 6.07) is 7.11. The number of rotatable bonds is 8. The van der Waals surface area contributed by atoms with E-state index in [1.54, 1.807) is 12.1 Å². The van der Waals surface area contributed by atoms with Crippen molar-refractivity contribution in [3.63, 3.8) is 0 Å². The molecule has 1 heterocycles. The molecule has 1 saturated heterocycles. The number of hydrogen-bond acceptors (Lipinski definition) is 3. The van der Waals surface area contributed by atoms with E-state index in [2.05, 4.69) is 26.1 Å². The number of piperidine rings is 1. The number of carbonyl (C=O) groups excluding carboxylic acids is 1. The first-order valence-electron chi connectivity index (χ1n) is 10.1. The highest BCUT2D eigenvalue weighted by Crippen LogP contribution is 2.24. The number of amides is 1. The zero-order valence-corrected chi connectivity index (χ0v) is 17.9. The monoisotopic (exact) mass is 394 g/mol. The molecular formula is C21H34N2O3S. The van der Waals surface area contributed by atoms with Gasteiger partial charge in [0.2, 0.25) is 15.9 Å². The van der Waals surface area contributed by atoms with Crippen molar-refractivity contribution in [3.05, 3.63) is 29.8 Å². The predicted molar refractivity (Wildman–Crippen MR) is 109 cm³/mol. The van der Waals surface area contributed by atoms with Crippen LogP contribution in [0.5, 0.6) is 0 Å². The van der Waals surface area contributed by atoms with Crippen LogP contribution in [0.15, 0.2) is 29.2 Å². The van der Waals surface area contributed by atoms with Gasteiger partial charge in [0.05, 0.1) is 4.90 Å². The van der Waals surface area contributed by atoms with E-state index in [-0.39, 0.29) is 17.9 Å². The van der Waals surface area contributed by atoms with E-state index in [1.165, 1.54) is 10.7 Å². The van der Waals surface area contributed by atoms with Gasteiger partial charge in [-0.25, -0.2) is 8.42 Å². The van der Waals surface area contributed by atoms with Crippen LogP contribution < -0.4 is 5.32 Å². The Morgan fingerprint density at radius 1 is 1.11 bits per heavy atom. The van der Waals surface area contributed by atoms with Crippen molar-refractivity contribution < 1.29 is 13.2 Å². The maximum atomic E-state index is 12.8. The fourth-order valence-electron chi connectivity index (χ4n) is 3.48. The number of carbonyl (C=O) groups is 1. The fourth-order valence-corrected chi connectivity index (χ4v) is 4.95. The maximum Gasteiger partial charge on any atom is 0.243 e. The van der Waals surface area contributed by atoms with Crippen molar-refractivity contribution in [2.24, 2.45) is 11.8 Å². The van der Waals surface area contributed by atoms with Crippen LogP contribution in [0.25, 0.3) is 0 Å².